The minimum Gasteiger partial charge on any atom is -0.341 e. The summed E-state index contributed by atoms with van der Waals surface area (Å²) < 4.78 is 0. The summed E-state index contributed by atoms with van der Waals surface area (Å²) in [6.07, 6.45) is 7.09. The van der Waals surface area contributed by atoms with Crippen LogP contribution < -0.4 is 5.32 Å². The third-order valence-electron chi connectivity index (χ3n) is 3.87. The van der Waals surface area contributed by atoms with Crippen molar-refractivity contribution in [2.75, 3.05) is 20.1 Å². The molecule has 86 valence electrons. The third kappa shape index (κ3) is 2.51. The Balaban J connectivity index is 1.87. The first-order valence-corrected chi connectivity index (χ1v) is 6.26. The second-order valence-electron chi connectivity index (χ2n) is 4.93. The monoisotopic (exact) mass is 210 g/mol. The second kappa shape index (κ2) is 4.97. The molecule has 3 nitrogen and oxygen atoms in total. The van der Waals surface area contributed by atoms with Gasteiger partial charge in [-0.25, -0.2) is 0 Å². The van der Waals surface area contributed by atoms with E-state index in [1.54, 1.807) is 0 Å². The zero-order chi connectivity index (χ0) is 10.7. The van der Waals surface area contributed by atoms with Crippen LogP contribution in [0.3, 0.4) is 0 Å². The Labute approximate surface area is 92.2 Å². The van der Waals surface area contributed by atoms with Crippen molar-refractivity contribution >= 4 is 5.91 Å². The van der Waals surface area contributed by atoms with E-state index in [1.165, 1.54) is 25.7 Å². The van der Waals surface area contributed by atoms with Crippen molar-refractivity contribution in [3.63, 3.8) is 0 Å². The molecule has 0 aromatic rings. The number of hydrogen-bond acceptors (Lipinski definition) is 2. The van der Waals surface area contributed by atoms with E-state index in [-0.39, 0.29) is 0 Å². The highest BCUT2D eigenvalue weighted by molar-refractivity contribution is 5.79. The van der Waals surface area contributed by atoms with Gasteiger partial charge in [0.15, 0.2) is 0 Å². The summed E-state index contributed by atoms with van der Waals surface area (Å²) in [6, 6.07) is 0.437. The normalized spacial score (nSPS) is 27.9. The molecule has 1 N–H and O–H groups in total. The number of carbonyl (C=O) groups is 1. The molecule has 1 amide bonds. The van der Waals surface area contributed by atoms with E-state index in [0.29, 0.717) is 17.9 Å². The summed E-state index contributed by atoms with van der Waals surface area (Å²) in [5, 5.41) is 3.37. The Morgan fingerprint density at radius 1 is 1.20 bits per heavy atom. The summed E-state index contributed by atoms with van der Waals surface area (Å²) in [5.41, 5.74) is 0. The SMILES string of the molecule is CN(C(=O)C1CCCC1)[C@@H]1CCCNC1. The molecule has 3 heteroatoms. The van der Waals surface area contributed by atoms with Crippen LogP contribution in [0.5, 0.6) is 0 Å². The zero-order valence-corrected chi connectivity index (χ0v) is 9.67. The van der Waals surface area contributed by atoms with Gasteiger partial charge in [-0.15, -0.1) is 0 Å². The Kier molecular flexibility index (Phi) is 3.62. The molecule has 0 spiro atoms. The maximum atomic E-state index is 12.1. The molecule has 1 atom stereocenters. The van der Waals surface area contributed by atoms with Gasteiger partial charge in [-0.2, -0.15) is 0 Å². The second-order valence-corrected chi connectivity index (χ2v) is 4.93. The van der Waals surface area contributed by atoms with Gasteiger partial charge in [-0.1, -0.05) is 12.8 Å². The Bertz CT molecular complexity index is 218. The third-order valence-corrected chi connectivity index (χ3v) is 3.87. The largest absolute Gasteiger partial charge is 0.341 e. The Morgan fingerprint density at radius 3 is 2.53 bits per heavy atom. The smallest absolute Gasteiger partial charge is 0.225 e. The van der Waals surface area contributed by atoms with Gasteiger partial charge in [0, 0.05) is 25.6 Å². The van der Waals surface area contributed by atoms with Crippen molar-refractivity contribution in [1.82, 2.24) is 10.2 Å². The van der Waals surface area contributed by atoms with Crippen molar-refractivity contribution in [2.24, 2.45) is 5.92 Å². The minimum absolute atomic E-state index is 0.330. The molecule has 1 saturated heterocycles. The maximum Gasteiger partial charge on any atom is 0.225 e. The topological polar surface area (TPSA) is 32.3 Å². The molecule has 0 aromatic carbocycles. The Hall–Kier alpha value is -0.570. The molecule has 0 unspecified atom stereocenters. The van der Waals surface area contributed by atoms with Gasteiger partial charge in [-0.3, -0.25) is 4.79 Å². The van der Waals surface area contributed by atoms with Gasteiger partial charge in [0.1, 0.15) is 0 Å². The number of nitrogens with one attached hydrogen (secondary N) is 1. The van der Waals surface area contributed by atoms with E-state index in [4.69, 9.17) is 0 Å². The van der Waals surface area contributed by atoms with Crippen molar-refractivity contribution in [1.29, 1.82) is 0 Å². The summed E-state index contributed by atoms with van der Waals surface area (Å²) in [7, 11) is 1.98. The molecule has 2 rings (SSSR count). The van der Waals surface area contributed by atoms with Gasteiger partial charge in [0.25, 0.3) is 0 Å². The number of piperidine rings is 1. The number of carbonyl (C=O) groups excluding carboxylic acids is 1. The summed E-state index contributed by atoms with van der Waals surface area (Å²) in [5.74, 6) is 0.720. The van der Waals surface area contributed by atoms with E-state index in [9.17, 15) is 4.79 Å². The summed E-state index contributed by atoms with van der Waals surface area (Å²) >= 11 is 0. The predicted molar refractivity (Wildman–Crippen MR) is 60.6 cm³/mol. The van der Waals surface area contributed by atoms with Crippen LogP contribution >= 0.6 is 0 Å². The van der Waals surface area contributed by atoms with Crippen LogP contribution in [0.4, 0.5) is 0 Å². The molecule has 1 aliphatic carbocycles. The number of amides is 1. The summed E-state index contributed by atoms with van der Waals surface area (Å²) in [4.78, 5) is 14.1. The lowest BCUT2D eigenvalue weighted by atomic mass is 10.0. The lowest BCUT2D eigenvalue weighted by molar-refractivity contribution is -0.136. The number of hydrogen-bond donors (Lipinski definition) is 1. The van der Waals surface area contributed by atoms with Crippen LogP contribution in [-0.2, 0) is 4.79 Å². The molecule has 2 fully saturated rings. The molecular weight excluding hydrogens is 188 g/mol. The van der Waals surface area contributed by atoms with Gasteiger partial charge < -0.3 is 10.2 Å². The van der Waals surface area contributed by atoms with E-state index < -0.39 is 0 Å². The van der Waals surface area contributed by atoms with Crippen LogP contribution in [0.25, 0.3) is 0 Å². The number of nitrogens with zero attached hydrogens (tertiary/aromatic N) is 1. The molecule has 0 aromatic heterocycles. The molecule has 1 aliphatic heterocycles. The standard InChI is InChI=1S/C12H22N2O/c1-14(11-7-4-8-13-9-11)12(15)10-5-2-3-6-10/h10-11,13H,2-9H2,1H3/t11-/m1/s1. The fraction of sp³-hybridized carbons (Fsp3) is 0.917. The van der Waals surface area contributed by atoms with Crippen LogP contribution in [0.1, 0.15) is 38.5 Å². The molecule has 0 bridgehead atoms. The average molecular weight is 210 g/mol. The minimum atomic E-state index is 0.330. The highest BCUT2D eigenvalue weighted by Gasteiger charge is 2.29. The fourth-order valence-electron chi connectivity index (χ4n) is 2.80. The van der Waals surface area contributed by atoms with E-state index in [1.807, 2.05) is 11.9 Å². The molecule has 2 aliphatic rings. The van der Waals surface area contributed by atoms with Crippen LogP contribution in [0.2, 0.25) is 0 Å². The van der Waals surface area contributed by atoms with E-state index in [0.717, 1.165) is 25.9 Å². The van der Waals surface area contributed by atoms with Crippen molar-refractivity contribution < 1.29 is 4.79 Å². The maximum absolute atomic E-state index is 12.1. The first-order chi connectivity index (χ1) is 7.29. The lowest BCUT2D eigenvalue weighted by Gasteiger charge is -2.33. The molecule has 0 radical (unpaired) electrons. The first-order valence-electron chi connectivity index (χ1n) is 6.26. The molecule has 15 heavy (non-hydrogen) atoms. The van der Waals surface area contributed by atoms with Crippen LogP contribution in [0, 0.1) is 5.92 Å². The molecular formula is C12H22N2O. The van der Waals surface area contributed by atoms with Crippen molar-refractivity contribution in [3.05, 3.63) is 0 Å². The predicted octanol–water partition coefficient (Wildman–Crippen LogP) is 1.39. The average Bonchev–Trinajstić information content (AvgIpc) is 2.82. The number of likely N-dealkylation sites (N-methyl/N-ethyl adjacent to an activating group) is 1. The van der Waals surface area contributed by atoms with Gasteiger partial charge in [0.05, 0.1) is 0 Å². The lowest BCUT2D eigenvalue weighted by Crippen LogP contribution is -2.48. The van der Waals surface area contributed by atoms with Crippen LogP contribution in [-0.4, -0.2) is 37.0 Å². The summed E-state index contributed by atoms with van der Waals surface area (Å²) in [6.45, 7) is 2.09. The molecule has 1 saturated carbocycles. The highest BCUT2D eigenvalue weighted by atomic mass is 16.2. The number of rotatable bonds is 2. The highest BCUT2D eigenvalue weighted by Crippen LogP contribution is 2.27. The first kappa shape index (κ1) is 10.9. The van der Waals surface area contributed by atoms with E-state index >= 15 is 0 Å². The molecule has 1 heterocycles. The Morgan fingerprint density at radius 2 is 1.93 bits per heavy atom. The van der Waals surface area contributed by atoms with Crippen LogP contribution in [0.15, 0.2) is 0 Å². The van der Waals surface area contributed by atoms with Crippen molar-refractivity contribution in [2.45, 2.75) is 44.6 Å². The van der Waals surface area contributed by atoms with Gasteiger partial charge in [-0.05, 0) is 32.2 Å². The quantitative estimate of drug-likeness (QED) is 0.747. The fourth-order valence-corrected chi connectivity index (χ4v) is 2.80. The van der Waals surface area contributed by atoms with E-state index in [2.05, 4.69) is 5.32 Å². The zero-order valence-electron chi connectivity index (χ0n) is 9.67. The van der Waals surface area contributed by atoms with Gasteiger partial charge >= 0.3 is 0 Å². The van der Waals surface area contributed by atoms with Crippen molar-refractivity contribution in [3.8, 4) is 0 Å². The van der Waals surface area contributed by atoms with Gasteiger partial charge in [0.2, 0.25) is 5.91 Å².